The van der Waals surface area contributed by atoms with Gasteiger partial charge < -0.3 is 25.1 Å². The summed E-state index contributed by atoms with van der Waals surface area (Å²) in [6.07, 6.45) is 2.42. The molecular weight excluding hydrogens is 354 g/mol. The molecule has 0 unspecified atom stereocenters. The van der Waals surface area contributed by atoms with E-state index in [1.54, 1.807) is 6.20 Å². The summed E-state index contributed by atoms with van der Waals surface area (Å²) < 4.78 is 5.28. The summed E-state index contributed by atoms with van der Waals surface area (Å²) in [5.41, 5.74) is 3.17. The first-order chi connectivity index (χ1) is 12.7. The Kier molecular flexibility index (Phi) is 4.13. The van der Waals surface area contributed by atoms with Gasteiger partial charge in [-0.15, -0.1) is 11.3 Å². The number of nitrogens with zero attached hydrogens (tertiary/aromatic N) is 4. The van der Waals surface area contributed by atoms with Crippen molar-refractivity contribution in [1.82, 2.24) is 14.9 Å². The third-order valence-electron chi connectivity index (χ3n) is 4.20. The molecular formula is C17H14N5O3S-. The zero-order chi connectivity index (χ0) is 18.1. The van der Waals surface area contributed by atoms with Gasteiger partial charge in [-0.05, 0) is 0 Å². The standard InChI is InChI=1S/C17H15N5O3S/c18-21-15(11-3-1-10(2-4-11)13-7-19-9-25-13)16-20-12-5-6-22(17(23)24)8-14(12)26-16/h1-4,7,9H,5-6,8,18H2,(H,23,24)/p-1/b21-15-. The van der Waals surface area contributed by atoms with E-state index in [1.165, 1.54) is 22.6 Å². The van der Waals surface area contributed by atoms with Crippen LogP contribution >= 0.6 is 11.3 Å². The van der Waals surface area contributed by atoms with Gasteiger partial charge in [0, 0.05) is 29.0 Å². The van der Waals surface area contributed by atoms with E-state index >= 15 is 0 Å². The van der Waals surface area contributed by atoms with Gasteiger partial charge in [0.1, 0.15) is 16.8 Å². The molecule has 1 aromatic carbocycles. The largest absolute Gasteiger partial charge is 0.530 e. The number of thiazole rings is 1. The molecule has 0 aliphatic carbocycles. The summed E-state index contributed by atoms with van der Waals surface area (Å²) in [4.78, 5) is 21.7. The van der Waals surface area contributed by atoms with Crippen molar-refractivity contribution in [2.24, 2.45) is 10.9 Å². The molecule has 1 aliphatic rings. The van der Waals surface area contributed by atoms with E-state index in [1.807, 2.05) is 24.3 Å². The van der Waals surface area contributed by atoms with E-state index in [2.05, 4.69) is 15.1 Å². The minimum Gasteiger partial charge on any atom is -0.530 e. The van der Waals surface area contributed by atoms with Crippen molar-refractivity contribution in [3.63, 3.8) is 0 Å². The van der Waals surface area contributed by atoms with Gasteiger partial charge in [0.25, 0.3) is 0 Å². The lowest BCUT2D eigenvalue weighted by molar-refractivity contribution is -0.266. The second-order valence-corrected chi connectivity index (χ2v) is 6.83. The topological polar surface area (TPSA) is 121 Å². The molecule has 2 N–H and O–H groups in total. The number of rotatable bonds is 3. The zero-order valence-electron chi connectivity index (χ0n) is 13.6. The highest BCUT2D eigenvalue weighted by atomic mass is 32.1. The summed E-state index contributed by atoms with van der Waals surface area (Å²) >= 11 is 1.40. The number of aromatic nitrogens is 2. The Labute approximate surface area is 152 Å². The maximum Gasteiger partial charge on any atom is 0.181 e. The third kappa shape index (κ3) is 2.93. The first-order valence-electron chi connectivity index (χ1n) is 7.87. The van der Waals surface area contributed by atoms with Gasteiger partial charge in [0.2, 0.25) is 0 Å². The average molecular weight is 368 g/mol. The van der Waals surface area contributed by atoms with Crippen molar-refractivity contribution in [2.45, 2.75) is 13.0 Å². The second-order valence-electron chi connectivity index (χ2n) is 5.75. The van der Waals surface area contributed by atoms with Gasteiger partial charge in [-0.2, -0.15) is 5.10 Å². The molecule has 0 saturated carbocycles. The van der Waals surface area contributed by atoms with Crippen LogP contribution in [0, 0.1) is 0 Å². The first-order valence-corrected chi connectivity index (χ1v) is 8.69. The Balaban J connectivity index is 1.62. The number of carbonyl (C=O) groups excluding carboxylic acids is 1. The summed E-state index contributed by atoms with van der Waals surface area (Å²) in [7, 11) is 0. The fourth-order valence-electron chi connectivity index (χ4n) is 2.86. The van der Waals surface area contributed by atoms with Gasteiger partial charge in [-0.3, -0.25) is 0 Å². The van der Waals surface area contributed by atoms with Gasteiger partial charge in [0.05, 0.1) is 18.4 Å². The molecule has 1 aliphatic heterocycles. The van der Waals surface area contributed by atoms with Gasteiger partial charge >= 0.3 is 0 Å². The fourth-order valence-corrected chi connectivity index (χ4v) is 4.00. The minimum atomic E-state index is -1.17. The van der Waals surface area contributed by atoms with E-state index in [0.717, 1.165) is 21.7 Å². The zero-order valence-corrected chi connectivity index (χ0v) is 14.4. The molecule has 9 heteroatoms. The molecule has 0 atom stereocenters. The lowest BCUT2D eigenvalue weighted by Gasteiger charge is -2.27. The van der Waals surface area contributed by atoms with E-state index in [-0.39, 0.29) is 6.54 Å². The normalized spacial score (nSPS) is 14.3. The first kappa shape index (κ1) is 16.3. The highest BCUT2D eigenvalue weighted by Gasteiger charge is 2.23. The van der Waals surface area contributed by atoms with Crippen molar-refractivity contribution in [2.75, 3.05) is 6.54 Å². The molecule has 0 fully saturated rings. The van der Waals surface area contributed by atoms with E-state index in [0.29, 0.717) is 29.4 Å². The van der Waals surface area contributed by atoms with Crippen LogP contribution < -0.4 is 10.9 Å². The monoisotopic (exact) mass is 368 g/mol. The van der Waals surface area contributed by atoms with Gasteiger partial charge in [-0.25, -0.2) is 9.97 Å². The number of hydrazone groups is 1. The average Bonchev–Trinajstić information content (AvgIpc) is 3.32. The van der Waals surface area contributed by atoms with Crippen LogP contribution in [0.25, 0.3) is 11.3 Å². The predicted octanol–water partition coefficient (Wildman–Crippen LogP) is 1.21. The van der Waals surface area contributed by atoms with Crippen LogP contribution in [0.1, 0.15) is 21.1 Å². The quantitative estimate of drug-likeness (QED) is 0.421. The Morgan fingerprint density at radius 2 is 2.15 bits per heavy atom. The molecule has 1 amide bonds. The Morgan fingerprint density at radius 1 is 1.35 bits per heavy atom. The fraction of sp³-hybridized carbons (Fsp3) is 0.176. The number of carboxylic acid groups (broad SMARTS) is 1. The van der Waals surface area contributed by atoms with Crippen LogP contribution in [0.2, 0.25) is 0 Å². The van der Waals surface area contributed by atoms with Crippen molar-refractivity contribution >= 4 is 23.1 Å². The second kappa shape index (κ2) is 6.60. The number of nitrogens with two attached hydrogens (primary N) is 1. The molecule has 26 heavy (non-hydrogen) atoms. The van der Waals surface area contributed by atoms with Crippen molar-refractivity contribution in [3.8, 4) is 11.3 Å². The third-order valence-corrected chi connectivity index (χ3v) is 5.29. The summed E-state index contributed by atoms with van der Waals surface area (Å²) in [6.45, 7) is 0.678. The molecule has 0 spiro atoms. The molecule has 0 bridgehead atoms. The van der Waals surface area contributed by atoms with Crippen LogP contribution in [0.3, 0.4) is 0 Å². The number of hydrogen-bond donors (Lipinski definition) is 1. The molecule has 0 radical (unpaired) electrons. The maximum atomic E-state index is 11.1. The number of benzene rings is 1. The highest BCUT2D eigenvalue weighted by Crippen LogP contribution is 2.27. The minimum absolute atomic E-state index is 0.289. The van der Waals surface area contributed by atoms with Crippen molar-refractivity contribution in [1.29, 1.82) is 0 Å². The maximum absolute atomic E-state index is 11.1. The number of amides is 1. The van der Waals surface area contributed by atoms with Crippen molar-refractivity contribution < 1.29 is 14.3 Å². The lowest BCUT2D eigenvalue weighted by atomic mass is 10.1. The summed E-state index contributed by atoms with van der Waals surface area (Å²) in [5.74, 6) is 6.29. The van der Waals surface area contributed by atoms with E-state index in [9.17, 15) is 9.90 Å². The van der Waals surface area contributed by atoms with Crippen LogP contribution in [0.4, 0.5) is 4.79 Å². The Hall–Kier alpha value is -3.20. The van der Waals surface area contributed by atoms with Crippen molar-refractivity contribution in [3.05, 3.63) is 58.0 Å². The van der Waals surface area contributed by atoms with Gasteiger partial charge in [0.15, 0.2) is 12.2 Å². The number of oxazole rings is 1. The molecule has 3 heterocycles. The molecule has 8 nitrogen and oxygen atoms in total. The number of hydrogen-bond acceptors (Lipinski definition) is 8. The summed E-state index contributed by atoms with van der Waals surface area (Å²) in [6, 6.07) is 7.56. The number of carbonyl (C=O) groups is 1. The van der Waals surface area contributed by atoms with E-state index in [4.69, 9.17) is 10.3 Å². The van der Waals surface area contributed by atoms with E-state index < -0.39 is 6.09 Å². The SMILES string of the molecule is N/N=C(/c1ccc(-c2cnco2)cc1)c1nc2c(s1)CN(C(=O)[O-])CC2. The Bertz CT molecular complexity index is 963. The van der Waals surface area contributed by atoms with Crippen LogP contribution in [-0.4, -0.2) is 33.2 Å². The highest BCUT2D eigenvalue weighted by molar-refractivity contribution is 7.14. The smallest absolute Gasteiger partial charge is 0.181 e. The molecule has 2 aromatic heterocycles. The number of fused-ring (bicyclic) bond motifs is 1. The van der Waals surface area contributed by atoms with Crippen LogP contribution in [0.5, 0.6) is 0 Å². The van der Waals surface area contributed by atoms with Gasteiger partial charge in [-0.1, -0.05) is 24.3 Å². The predicted molar refractivity (Wildman–Crippen MR) is 93.4 cm³/mol. The van der Waals surface area contributed by atoms with Crippen LogP contribution in [-0.2, 0) is 13.0 Å². The molecule has 4 rings (SSSR count). The lowest BCUT2D eigenvalue weighted by Crippen LogP contribution is -2.43. The molecule has 0 saturated heterocycles. The van der Waals surface area contributed by atoms with Crippen LogP contribution in [0.15, 0.2) is 46.4 Å². The molecule has 132 valence electrons. The summed E-state index contributed by atoms with van der Waals surface area (Å²) in [5, 5.41) is 15.6. The Morgan fingerprint density at radius 3 is 2.81 bits per heavy atom. The molecule has 3 aromatic rings.